The topological polar surface area (TPSA) is 52.6 Å². The molecule has 1 aromatic carbocycles. The second-order valence-electron chi connectivity index (χ2n) is 5.88. The van der Waals surface area contributed by atoms with Crippen molar-refractivity contribution in [2.24, 2.45) is 4.99 Å². The lowest BCUT2D eigenvalue weighted by Crippen LogP contribution is -2.42. The Balaban J connectivity index is 0.00000312. The van der Waals surface area contributed by atoms with E-state index in [-0.39, 0.29) is 24.0 Å². The van der Waals surface area contributed by atoms with Gasteiger partial charge in [0.2, 0.25) is 0 Å². The number of thiazole rings is 1. The van der Waals surface area contributed by atoms with Crippen molar-refractivity contribution in [1.29, 1.82) is 0 Å². The number of nitrogens with one attached hydrogen (secondary N) is 2. The molecule has 1 aromatic heterocycles. The van der Waals surface area contributed by atoms with Crippen LogP contribution in [0.1, 0.15) is 21.5 Å². The van der Waals surface area contributed by atoms with Gasteiger partial charge in [-0.25, -0.2) is 4.98 Å². The van der Waals surface area contributed by atoms with E-state index in [1.807, 2.05) is 12.3 Å². The van der Waals surface area contributed by atoms with Crippen LogP contribution in [0.25, 0.3) is 0 Å². The first-order valence-corrected chi connectivity index (χ1v) is 8.99. The Kier molecular flexibility index (Phi) is 9.99. The van der Waals surface area contributed by atoms with E-state index in [2.05, 4.69) is 70.8 Å². The number of rotatable bonds is 7. The van der Waals surface area contributed by atoms with E-state index in [1.165, 1.54) is 10.4 Å². The van der Waals surface area contributed by atoms with Crippen LogP contribution in [0.2, 0.25) is 0 Å². The maximum absolute atomic E-state index is 4.39. The van der Waals surface area contributed by atoms with Gasteiger partial charge >= 0.3 is 0 Å². The van der Waals surface area contributed by atoms with Crippen molar-refractivity contribution in [3.8, 4) is 0 Å². The zero-order valence-corrected chi connectivity index (χ0v) is 18.5. The van der Waals surface area contributed by atoms with Gasteiger partial charge in [0, 0.05) is 37.6 Å². The van der Waals surface area contributed by atoms with E-state index in [0.717, 1.165) is 30.5 Å². The van der Waals surface area contributed by atoms with Crippen LogP contribution in [-0.2, 0) is 6.42 Å². The monoisotopic (exact) mass is 473 g/mol. The molecule has 2 N–H and O–H groups in total. The number of likely N-dealkylation sites (N-methyl/N-ethyl adjacent to an activating group) is 1. The SMILES string of the molecule is CN=C(NCCc1ncc(C)s1)NCC(c1ccccc1)N(C)C.I. The molecule has 0 saturated heterocycles. The first kappa shape index (κ1) is 21.9. The molecular formula is C18H28IN5S. The van der Waals surface area contributed by atoms with Crippen molar-refractivity contribution >= 4 is 41.3 Å². The summed E-state index contributed by atoms with van der Waals surface area (Å²) in [4.78, 5) is 12.2. The van der Waals surface area contributed by atoms with E-state index >= 15 is 0 Å². The number of benzene rings is 1. The lowest BCUT2D eigenvalue weighted by molar-refractivity contribution is 0.298. The highest BCUT2D eigenvalue weighted by molar-refractivity contribution is 14.0. The Morgan fingerprint density at radius 3 is 2.52 bits per heavy atom. The van der Waals surface area contributed by atoms with Gasteiger partial charge in [0.1, 0.15) is 0 Å². The average Bonchev–Trinajstić information content (AvgIpc) is 2.99. The van der Waals surface area contributed by atoms with Crippen LogP contribution < -0.4 is 10.6 Å². The number of hydrogen-bond acceptors (Lipinski definition) is 4. The van der Waals surface area contributed by atoms with Crippen LogP contribution in [-0.4, -0.2) is 50.1 Å². The molecule has 7 heteroatoms. The summed E-state index contributed by atoms with van der Waals surface area (Å²) >= 11 is 1.75. The summed E-state index contributed by atoms with van der Waals surface area (Å²) in [6.07, 6.45) is 2.84. The minimum Gasteiger partial charge on any atom is -0.356 e. The van der Waals surface area contributed by atoms with Crippen molar-refractivity contribution < 1.29 is 0 Å². The summed E-state index contributed by atoms with van der Waals surface area (Å²) in [6.45, 7) is 3.71. The first-order chi connectivity index (χ1) is 11.6. The van der Waals surface area contributed by atoms with E-state index in [0.29, 0.717) is 6.04 Å². The minimum absolute atomic E-state index is 0. The highest BCUT2D eigenvalue weighted by atomic mass is 127. The molecule has 2 aromatic rings. The zero-order chi connectivity index (χ0) is 17.4. The van der Waals surface area contributed by atoms with Crippen LogP contribution in [0.3, 0.4) is 0 Å². The zero-order valence-electron chi connectivity index (χ0n) is 15.3. The van der Waals surface area contributed by atoms with Gasteiger partial charge in [-0.15, -0.1) is 35.3 Å². The van der Waals surface area contributed by atoms with Crippen molar-refractivity contribution in [3.05, 3.63) is 52.0 Å². The standard InChI is InChI=1S/C18H27N5S.HI/c1-14-12-21-17(24-14)10-11-20-18(19-2)22-13-16(23(3)4)15-8-6-5-7-9-15;/h5-9,12,16H,10-11,13H2,1-4H3,(H2,19,20,22);1H. The number of aliphatic imine (C=N–C) groups is 1. The predicted molar refractivity (Wildman–Crippen MR) is 118 cm³/mol. The fourth-order valence-electron chi connectivity index (χ4n) is 2.49. The molecule has 0 spiro atoms. The predicted octanol–water partition coefficient (Wildman–Crippen LogP) is 3.08. The van der Waals surface area contributed by atoms with Crippen molar-refractivity contribution in [2.45, 2.75) is 19.4 Å². The molecule has 0 aliphatic carbocycles. The normalized spacial score (nSPS) is 12.6. The maximum Gasteiger partial charge on any atom is 0.191 e. The largest absolute Gasteiger partial charge is 0.356 e. The van der Waals surface area contributed by atoms with Gasteiger partial charge in [0.25, 0.3) is 0 Å². The van der Waals surface area contributed by atoms with Crippen LogP contribution in [0, 0.1) is 6.92 Å². The molecule has 0 amide bonds. The third kappa shape index (κ3) is 7.29. The summed E-state index contributed by atoms with van der Waals surface area (Å²) in [5.41, 5.74) is 1.30. The average molecular weight is 473 g/mol. The lowest BCUT2D eigenvalue weighted by atomic mass is 10.1. The molecule has 1 unspecified atom stereocenters. The van der Waals surface area contributed by atoms with Crippen molar-refractivity contribution in [2.75, 3.05) is 34.2 Å². The van der Waals surface area contributed by atoms with E-state index in [9.17, 15) is 0 Å². The van der Waals surface area contributed by atoms with Crippen LogP contribution in [0.15, 0.2) is 41.5 Å². The molecule has 1 heterocycles. The van der Waals surface area contributed by atoms with E-state index in [4.69, 9.17) is 0 Å². The van der Waals surface area contributed by atoms with Gasteiger partial charge in [0.15, 0.2) is 5.96 Å². The van der Waals surface area contributed by atoms with Gasteiger partial charge < -0.3 is 15.5 Å². The fraction of sp³-hybridized carbons (Fsp3) is 0.444. The fourth-order valence-corrected chi connectivity index (χ4v) is 3.28. The highest BCUT2D eigenvalue weighted by Crippen LogP contribution is 2.16. The number of guanidine groups is 1. The number of halogens is 1. The lowest BCUT2D eigenvalue weighted by Gasteiger charge is -2.26. The molecule has 2 rings (SSSR count). The second-order valence-corrected chi connectivity index (χ2v) is 7.20. The molecular weight excluding hydrogens is 445 g/mol. The Labute approximate surface area is 172 Å². The Hall–Kier alpha value is -1.19. The number of nitrogens with zero attached hydrogens (tertiary/aromatic N) is 3. The summed E-state index contributed by atoms with van der Waals surface area (Å²) in [7, 11) is 6.00. The van der Waals surface area contributed by atoms with Crippen molar-refractivity contribution in [1.82, 2.24) is 20.5 Å². The molecule has 1 atom stereocenters. The van der Waals surface area contributed by atoms with Gasteiger partial charge in [-0.1, -0.05) is 30.3 Å². The third-order valence-electron chi connectivity index (χ3n) is 3.79. The molecule has 25 heavy (non-hydrogen) atoms. The molecule has 0 fully saturated rings. The van der Waals surface area contributed by atoms with Gasteiger partial charge in [-0.05, 0) is 26.6 Å². The summed E-state index contributed by atoms with van der Waals surface area (Å²) in [6, 6.07) is 10.8. The van der Waals surface area contributed by atoms with Crippen LogP contribution in [0.4, 0.5) is 0 Å². The molecule has 0 saturated carbocycles. The quantitative estimate of drug-likeness (QED) is 0.369. The number of aryl methyl sites for hydroxylation is 1. The second kappa shape index (κ2) is 11.4. The molecule has 5 nitrogen and oxygen atoms in total. The van der Waals surface area contributed by atoms with E-state index in [1.54, 1.807) is 18.4 Å². The van der Waals surface area contributed by atoms with Crippen LogP contribution in [0.5, 0.6) is 0 Å². The van der Waals surface area contributed by atoms with Crippen molar-refractivity contribution in [3.63, 3.8) is 0 Å². The van der Waals surface area contributed by atoms with Crippen LogP contribution >= 0.6 is 35.3 Å². The minimum atomic E-state index is 0. The smallest absolute Gasteiger partial charge is 0.191 e. The Bertz CT molecular complexity index is 642. The summed E-state index contributed by atoms with van der Waals surface area (Å²) < 4.78 is 0. The molecule has 0 radical (unpaired) electrons. The highest BCUT2D eigenvalue weighted by Gasteiger charge is 2.14. The number of hydrogen-bond donors (Lipinski definition) is 2. The third-order valence-corrected chi connectivity index (χ3v) is 4.77. The van der Waals surface area contributed by atoms with Gasteiger partial charge in [-0.2, -0.15) is 0 Å². The summed E-state index contributed by atoms with van der Waals surface area (Å²) in [5.74, 6) is 0.825. The summed E-state index contributed by atoms with van der Waals surface area (Å²) in [5, 5.41) is 7.94. The number of aromatic nitrogens is 1. The van der Waals surface area contributed by atoms with Gasteiger partial charge in [0.05, 0.1) is 11.0 Å². The maximum atomic E-state index is 4.39. The Morgan fingerprint density at radius 2 is 1.96 bits per heavy atom. The van der Waals surface area contributed by atoms with E-state index < -0.39 is 0 Å². The van der Waals surface area contributed by atoms with Gasteiger partial charge in [-0.3, -0.25) is 4.99 Å². The molecule has 0 aliphatic rings. The molecule has 138 valence electrons. The first-order valence-electron chi connectivity index (χ1n) is 8.17. The molecule has 0 aliphatic heterocycles. The Morgan fingerprint density at radius 1 is 1.24 bits per heavy atom. The molecule has 0 bridgehead atoms.